The number of hydrogen-bond acceptors (Lipinski definition) is 3. The molecule has 0 unspecified atom stereocenters. The van der Waals surface area contributed by atoms with Gasteiger partial charge in [0.2, 0.25) is 0 Å². The van der Waals surface area contributed by atoms with Crippen molar-refractivity contribution in [3.8, 4) is 0 Å². The molecule has 144 valence electrons. The molecule has 0 bridgehead atoms. The zero-order valence-electron chi connectivity index (χ0n) is 15.5. The molecule has 1 N–H and O–H groups in total. The van der Waals surface area contributed by atoms with E-state index >= 15 is 0 Å². The quantitative estimate of drug-likeness (QED) is 0.721. The third-order valence-electron chi connectivity index (χ3n) is 5.23. The summed E-state index contributed by atoms with van der Waals surface area (Å²) in [6, 6.07) is 13.1. The van der Waals surface area contributed by atoms with Crippen LogP contribution in [0.2, 0.25) is 0 Å². The second kappa shape index (κ2) is 8.44. The van der Waals surface area contributed by atoms with E-state index in [1.165, 1.54) is 29.8 Å². The van der Waals surface area contributed by atoms with Crippen LogP contribution in [-0.2, 0) is 6.42 Å². The minimum atomic E-state index is -0.255. The number of aromatic amines is 1. The first-order valence-corrected chi connectivity index (χ1v) is 9.50. The van der Waals surface area contributed by atoms with Crippen molar-refractivity contribution in [3.63, 3.8) is 0 Å². The molecular formula is C22H22F2N4. The Balaban J connectivity index is 1.55. The van der Waals surface area contributed by atoms with E-state index in [1.54, 1.807) is 30.5 Å². The molecule has 1 aromatic heterocycles. The van der Waals surface area contributed by atoms with Crippen molar-refractivity contribution in [2.75, 3.05) is 19.6 Å². The molecule has 2 aromatic carbocycles. The second-order valence-corrected chi connectivity index (χ2v) is 7.05. The van der Waals surface area contributed by atoms with Gasteiger partial charge in [-0.1, -0.05) is 29.8 Å². The third-order valence-corrected chi connectivity index (χ3v) is 5.23. The number of aromatic nitrogens is 3. The highest BCUT2D eigenvalue weighted by atomic mass is 19.1. The van der Waals surface area contributed by atoms with Crippen molar-refractivity contribution in [2.45, 2.75) is 19.3 Å². The SMILES string of the molecule is Fc1ccc(C(=C2CCN(CCc3cn[nH]n3)CC2)c2ccc(F)cc2)cc1. The maximum absolute atomic E-state index is 13.4. The Morgan fingerprint density at radius 1 is 0.893 bits per heavy atom. The summed E-state index contributed by atoms with van der Waals surface area (Å²) in [6.07, 6.45) is 4.50. The molecule has 1 aliphatic rings. The fraction of sp³-hybridized carbons (Fsp3) is 0.273. The Hall–Kier alpha value is -2.86. The van der Waals surface area contributed by atoms with Gasteiger partial charge in [-0.3, -0.25) is 0 Å². The third kappa shape index (κ3) is 4.34. The van der Waals surface area contributed by atoms with Crippen molar-refractivity contribution in [2.24, 2.45) is 0 Å². The van der Waals surface area contributed by atoms with E-state index in [-0.39, 0.29) is 11.6 Å². The molecule has 4 nitrogen and oxygen atoms in total. The summed E-state index contributed by atoms with van der Waals surface area (Å²) in [5.74, 6) is -0.509. The molecule has 0 amide bonds. The number of halogens is 2. The Bertz CT molecular complexity index is 874. The highest BCUT2D eigenvalue weighted by molar-refractivity contribution is 5.82. The first kappa shape index (κ1) is 18.5. The van der Waals surface area contributed by atoms with Crippen molar-refractivity contribution >= 4 is 5.57 Å². The summed E-state index contributed by atoms with van der Waals surface area (Å²) < 4.78 is 26.8. The minimum absolute atomic E-state index is 0.255. The highest BCUT2D eigenvalue weighted by Crippen LogP contribution is 2.32. The van der Waals surface area contributed by atoms with Gasteiger partial charge in [0.1, 0.15) is 11.6 Å². The lowest BCUT2D eigenvalue weighted by Crippen LogP contribution is -2.32. The summed E-state index contributed by atoms with van der Waals surface area (Å²) >= 11 is 0. The topological polar surface area (TPSA) is 44.8 Å². The average molecular weight is 380 g/mol. The van der Waals surface area contributed by atoms with E-state index in [0.29, 0.717) is 0 Å². The molecule has 0 spiro atoms. The van der Waals surface area contributed by atoms with Gasteiger partial charge in [-0.05, 0) is 53.8 Å². The molecule has 6 heteroatoms. The molecule has 0 atom stereocenters. The molecule has 2 heterocycles. The summed E-state index contributed by atoms with van der Waals surface area (Å²) in [7, 11) is 0. The van der Waals surface area contributed by atoms with Gasteiger partial charge in [0.05, 0.1) is 11.9 Å². The van der Waals surface area contributed by atoms with E-state index < -0.39 is 0 Å². The van der Waals surface area contributed by atoms with Crippen LogP contribution in [0, 0.1) is 11.6 Å². The summed E-state index contributed by atoms with van der Waals surface area (Å²) in [5, 5.41) is 10.6. The molecule has 1 aliphatic heterocycles. The Morgan fingerprint density at radius 2 is 1.46 bits per heavy atom. The van der Waals surface area contributed by atoms with Crippen LogP contribution in [0.25, 0.3) is 5.57 Å². The molecule has 1 saturated heterocycles. The van der Waals surface area contributed by atoms with Crippen molar-refractivity contribution in [3.05, 3.63) is 88.8 Å². The Labute approximate surface area is 162 Å². The molecule has 0 saturated carbocycles. The first-order chi connectivity index (χ1) is 13.7. The normalized spacial score (nSPS) is 15.0. The van der Waals surface area contributed by atoms with Gasteiger partial charge in [-0.2, -0.15) is 15.4 Å². The monoisotopic (exact) mass is 380 g/mol. The van der Waals surface area contributed by atoms with Gasteiger partial charge in [0.25, 0.3) is 0 Å². The molecule has 1 fully saturated rings. The van der Waals surface area contributed by atoms with Gasteiger partial charge in [0, 0.05) is 26.1 Å². The zero-order valence-corrected chi connectivity index (χ0v) is 15.5. The van der Waals surface area contributed by atoms with Gasteiger partial charge in [-0.15, -0.1) is 0 Å². The average Bonchev–Trinajstić information content (AvgIpc) is 3.24. The van der Waals surface area contributed by atoms with Crippen LogP contribution < -0.4 is 0 Å². The zero-order chi connectivity index (χ0) is 19.3. The van der Waals surface area contributed by atoms with E-state index in [2.05, 4.69) is 20.3 Å². The minimum Gasteiger partial charge on any atom is -0.302 e. The number of rotatable bonds is 5. The van der Waals surface area contributed by atoms with Gasteiger partial charge in [0.15, 0.2) is 0 Å². The lowest BCUT2D eigenvalue weighted by molar-refractivity contribution is 0.259. The van der Waals surface area contributed by atoms with Crippen LogP contribution >= 0.6 is 0 Å². The van der Waals surface area contributed by atoms with E-state index in [1.807, 2.05) is 0 Å². The summed E-state index contributed by atoms with van der Waals surface area (Å²) in [6.45, 7) is 2.86. The van der Waals surface area contributed by atoms with Crippen LogP contribution in [-0.4, -0.2) is 39.9 Å². The van der Waals surface area contributed by atoms with Crippen LogP contribution in [0.1, 0.15) is 29.7 Å². The molecule has 3 aromatic rings. The lowest BCUT2D eigenvalue weighted by atomic mass is 9.88. The van der Waals surface area contributed by atoms with E-state index in [0.717, 1.165) is 61.3 Å². The number of nitrogens with one attached hydrogen (secondary N) is 1. The predicted molar refractivity (Wildman–Crippen MR) is 105 cm³/mol. The fourth-order valence-corrected chi connectivity index (χ4v) is 3.72. The first-order valence-electron chi connectivity index (χ1n) is 9.50. The summed E-state index contributed by atoms with van der Waals surface area (Å²) in [4.78, 5) is 2.42. The van der Waals surface area contributed by atoms with Crippen molar-refractivity contribution in [1.82, 2.24) is 20.3 Å². The van der Waals surface area contributed by atoms with Gasteiger partial charge < -0.3 is 4.90 Å². The molecule has 0 radical (unpaired) electrons. The standard InChI is InChI=1S/C22H22F2N4/c23-19-5-1-16(2-6-19)22(17-3-7-20(24)8-4-17)18-9-12-28(13-10-18)14-11-21-15-25-27-26-21/h1-8,15H,9-14H2,(H,25,26,27). The summed E-state index contributed by atoms with van der Waals surface area (Å²) in [5.41, 5.74) is 5.34. The van der Waals surface area contributed by atoms with Crippen LogP contribution in [0.15, 0.2) is 60.3 Å². The fourth-order valence-electron chi connectivity index (χ4n) is 3.72. The largest absolute Gasteiger partial charge is 0.302 e. The lowest BCUT2D eigenvalue weighted by Gasteiger charge is -2.30. The van der Waals surface area contributed by atoms with Crippen molar-refractivity contribution < 1.29 is 8.78 Å². The predicted octanol–water partition coefficient (Wildman–Crippen LogP) is 4.22. The van der Waals surface area contributed by atoms with Gasteiger partial charge in [-0.25, -0.2) is 8.78 Å². The molecule has 28 heavy (non-hydrogen) atoms. The Morgan fingerprint density at radius 3 is 1.96 bits per heavy atom. The van der Waals surface area contributed by atoms with Gasteiger partial charge >= 0.3 is 0 Å². The number of nitrogens with zero attached hydrogens (tertiary/aromatic N) is 3. The number of piperidine rings is 1. The van der Waals surface area contributed by atoms with Crippen LogP contribution in [0.3, 0.4) is 0 Å². The van der Waals surface area contributed by atoms with Crippen LogP contribution in [0.5, 0.6) is 0 Å². The highest BCUT2D eigenvalue weighted by Gasteiger charge is 2.19. The van der Waals surface area contributed by atoms with Crippen molar-refractivity contribution in [1.29, 1.82) is 0 Å². The second-order valence-electron chi connectivity index (χ2n) is 7.05. The number of H-pyrrole nitrogens is 1. The molecular weight excluding hydrogens is 358 g/mol. The molecule has 0 aliphatic carbocycles. The number of hydrogen-bond donors (Lipinski definition) is 1. The van der Waals surface area contributed by atoms with E-state index in [9.17, 15) is 8.78 Å². The van der Waals surface area contributed by atoms with Crippen LogP contribution in [0.4, 0.5) is 8.78 Å². The number of likely N-dealkylation sites (tertiary alicyclic amines) is 1. The van der Waals surface area contributed by atoms with E-state index in [4.69, 9.17) is 0 Å². The Kier molecular flexibility index (Phi) is 5.58. The number of benzene rings is 2. The maximum Gasteiger partial charge on any atom is 0.123 e. The maximum atomic E-state index is 13.4. The smallest absolute Gasteiger partial charge is 0.123 e. The molecule has 4 rings (SSSR count).